The largest absolute Gasteiger partial charge is 0.390 e. The van der Waals surface area contributed by atoms with Gasteiger partial charge in [-0.2, -0.15) is 0 Å². The van der Waals surface area contributed by atoms with Gasteiger partial charge in [-0.15, -0.1) is 0 Å². The van der Waals surface area contributed by atoms with Crippen LogP contribution in [0.25, 0.3) is 0 Å². The van der Waals surface area contributed by atoms with Crippen LogP contribution < -0.4 is 0 Å². The third-order valence-electron chi connectivity index (χ3n) is 9.56. The summed E-state index contributed by atoms with van der Waals surface area (Å²) in [4.78, 5) is 20.1. The first-order valence-corrected chi connectivity index (χ1v) is 14.5. The van der Waals surface area contributed by atoms with E-state index in [9.17, 15) is 15.0 Å². The predicted octanol–water partition coefficient (Wildman–Crippen LogP) is 6.09. The normalized spacial score (nSPS) is 30.6. The van der Waals surface area contributed by atoms with E-state index in [-0.39, 0.29) is 42.1 Å². The SMILES string of the molecule is CC[C@]1(O)[C@@H](COC2(c3ccc(Cl)cc3)C3=C(F)CC(C(C)(C)O)C=C3C(=O)N2Cc2ccc(Cl)cn2)C12CC2. The molecule has 1 amide bonds. The third kappa shape index (κ3) is 4.08. The Morgan fingerprint density at radius 2 is 1.82 bits per heavy atom. The summed E-state index contributed by atoms with van der Waals surface area (Å²) in [6.07, 6.45) is 5.54. The summed E-state index contributed by atoms with van der Waals surface area (Å²) in [5, 5.41) is 23.0. The maximum absolute atomic E-state index is 16.4. The molecular weight excluding hydrogens is 554 g/mol. The molecule has 1 aromatic heterocycles. The number of hydrogen-bond donors (Lipinski definition) is 2. The van der Waals surface area contributed by atoms with Gasteiger partial charge in [0.2, 0.25) is 0 Å². The average molecular weight is 588 g/mol. The second-order valence-electron chi connectivity index (χ2n) is 12.1. The van der Waals surface area contributed by atoms with Gasteiger partial charge in [0.1, 0.15) is 5.83 Å². The average Bonchev–Trinajstić information content (AvgIpc) is 3.79. The van der Waals surface area contributed by atoms with E-state index >= 15 is 4.39 Å². The third-order valence-corrected chi connectivity index (χ3v) is 10.0. The Morgan fingerprint density at radius 1 is 1.15 bits per heavy atom. The Balaban J connectivity index is 1.51. The molecule has 2 aromatic rings. The van der Waals surface area contributed by atoms with E-state index in [1.165, 1.54) is 11.1 Å². The van der Waals surface area contributed by atoms with Crippen LogP contribution in [-0.2, 0) is 21.8 Å². The number of fused-ring (bicyclic) bond motifs is 1. The number of rotatable bonds is 8. The van der Waals surface area contributed by atoms with Crippen LogP contribution in [-0.4, -0.2) is 43.8 Å². The zero-order chi connectivity index (χ0) is 28.7. The van der Waals surface area contributed by atoms with E-state index in [1.54, 1.807) is 56.3 Å². The first-order valence-electron chi connectivity index (χ1n) is 13.8. The lowest BCUT2D eigenvalue weighted by atomic mass is 9.78. The van der Waals surface area contributed by atoms with Crippen molar-refractivity contribution in [1.29, 1.82) is 0 Å². The number of allylic oxidation sites excluding steroid dienone is 1. The van der Waals surface area contributed by atoms with Crippen molar-refractivity contribution < 1.29 is 24.1 Å². The van der Waals surface area contributed by atoms with Crippen LogP contribution in [0.1, 0.15) is 57.7 Å². The number of hydrogen-bond acceptors (Lipinski definition) is 5. The molecule has 1 saturated heterocycles. The molecule has 1 aliphatic heterocycles. The van der Waals surface area contributed by atoms with Crippen molar-refractivity contribution >= 4 is 29.1 Å². The minimum absolute atomic E-state index is 0.0216. The summed E-state index contributed by atoms with van der Waals surface area (Å²) in [6, 6.07) is 10.3. The van der Waals surface area contributed by atoms with Crippen molar-refractivity contribution in [2.45, 2.75) is 69.9 Å². The Morgan fingerprint density at radius 3 is 2.38 bits per heavy atom. The highest BCUT2D eigenvalue weighted by molar-refractivity contribution is 6.30. The maximum atomic E-state index is 16.4. The summed E-state index contributed by atoms with van der Waals surface area (Å²) in [5.41, 5.74) is -2.47. The zero-order valence-corrected chi connectivity index (χ0v) is 24.3. The molecule has 2 saturated carbocycles. The molecule has 0 radical (unpaired) electrons. The van der Waals surface area contributed by atoms with Crippen LogP contribution >= 0.6 is 23.2 Å². The van der Waals surface area contributed by atoms with E-state index in [1.807, 2.05) is 6.92 Å². The lowest BCUT2D eigenvalue weighted by Gasteiger charge is -2.40. The van der Waals surface area contributed by atoms with E-state index in [0.29, 0.717) is 27.7 Å². The van der Waals surface area contributed by atoms with Gasteiger partial charge in [-0.3, -0.25) is 14.7 Å². The van der Waals surface area contributed by atoms with Gasteiger partial charge in [0.05, 0.1) is 40.6 Å². The number of likely N-dealkylation sites (tertiary alicyclic amines) is 1. The molecule has 1 aromatic carbocycles. The van der Waals surface area contributed by atoms with Crippen molar-refractivity contribution in [3.05, 3.63) is 86.9 Å². The Hall–Kier alpha value is -2.29. The summed E-state index contributed by atoms with van der Waals surface area (Å²) in [5.74, 6) is -1.66. The molecule has 212 valence electrons. The highest BCUT2D eigenvalue weighted by Gasteiger charge is 2.81. The van der Waals surface area contributed by atoms with E-state index in [0.717, 1.165) is 12.8 Å². The zero-order valence-electron chi connectivity index (χ0n) is 22.8. The second-order valence-corrected chi connectivity index (χ2v) is 13.0. The molecule has 4 atom stereocenters. The summed E-state index contributed by atoms with van der Waals surface area (Å²) < 4.78 is 23.2. The number of ether oxygens (including phenoxy) is 1. The lowest BCUT2D eigenvalue weighted by molar-refractivity contribution is -0.160. The molecular formula is C31H33Cl2FN2O4. The fourth-order valence-electron chi connectivity index (χ4n) is 7.02. The molecule has 4 aliphatic rings. The number of aliphatic hydroxyl groups is 2. The fourth-order valence-corrected chi connectivity index (χ4v) is 7.26. The first-order chi connectivity index (χ1) is 18.9. The van der Waals surface area contributed by atoms with Crippen molar-refractivity contribution in [2.75, 3.05) is 6.61 Å². The van der Waals surface area contributed by atoms with Gasteiger partial charge >= 0.3 is 0 Å². The lowest BCUT2D eigenvalue weighted by Crippen LogP contribution is -2.47. The number of aromatic nitrogens is 1. The maximum Gasteiger partial charge on any atom is 0.257 e. The number of nitrogens with zero attached hydrogens (tertiary/aromatic N) is 2. The number of halogens is 3. The highest BCUT2D eigenvalue weighted by Crippen LogP contribution is 2.78. The van der Waals surface area contributed by atoms with Gasteiger partial charge in [-0.25, -0.2) is 4.39 Å². The quantitative estimate of drug-likeness (QED) is 0.391. The van der Waals surface area contributed by atoms with Gasteiger partial charge in [0.15, 0.2) is 5.72 Å². The van der Waals surface area contributed by atoms with Crippen LogP contribution in [0.5, 0.6) is 0 Å². The molecule has 3 aliphatic carbocycles. The smallest absolute Gasteiger partial charge is 0.257 e. The highest BCUT2D eigenvalue weighted by atomic mass is 35.5. The number of carbonyl (C=O) groups is 1. The van der Waals surface area contributed by atoms with Crippen LogP contribution in [0.2, 0.25) is 10.0 Å². The Kier molecular flexibility index (Phi) is 6.52. The molecule has 2 N–H and O–H groups in total. The van der Waals surface area contributed by atoms with Gasteiger partial charge in [0, 0.05) is 46.0 Å². The molecule has 6 rings (SSSR count). The molecule has 9 heteroatoms. The van der Waals surface area contributed by atoms with Gasteiger partial charge in [0.25, 0.3) is 5.91 Å². The standard InChI is InChI=1S/C31H33Cl2FN2O4/c1-4-30(39)25(29(30)11-12-29)17-40-31(18-5-7-20(32)8-6-18)26-23(13-19(14-24(26)34)28(2,3)38)27(37)36(31)16-22-10-9-21(33)15-35-22/h5-10,13,15,19,25,38-39H,4,11-12,14,16-17H2,1-3H3/t19?,25-,30-,31?/m0/s1. The minimum Gasteiger partial charge on any atom is -0.390 e. The number of pyridine rings is 1. The Bertz CT molecular complexity index is 1410. The topological polar surface area (TPSA) is 82.9 Å². The minimum atomic E-state index is -1.63. The summed E-state index contributed by atoms with van der Waals surface area (Å²) >= 11 is 12.3. The van der Waals surface area contributed by atoms with Gasteiger partial charge in [-0.1, -0.05) is 48.3 Å². The van der Waals surface area contributed by atoms with Crippen molar-refractivity contribution in [1.82, 2.24) is 9.88 Å². The fraction of sp³-hybridized carbons (Fsp3) is 0.484. The number of amides is 1. The van der Waals surface area contributed by atoms with E-state index < -0.39 is 34.6 Å². The Labute approximate surface area is 243 Å². The monoisotopic (exact) mass is 586 g/mol. The molecule has 6 nitrogen and oxygen atoms in total. The number of benzene rings is 1. The predicted molar refractivity (Wildman–Crippen MR) is 150 cm³/mol. The molecule has 0 bridgehead atoms. The van der Waals surface area contributed by atoms with Crippen LogP contribution in [0, 0.1) is 17.3 Å². The van der Waals surface area contributed by atoms with Crippen LogP contribution in [0.3, 0.4) is 0 Å². The summed E-state index contributed by atoms with van der Waals surface area (Å²) in [6.45, 7) is 5.35. The van der Waals surface area contributed by atoms with Crippen LogP contribution in [0.15, 0.2) is 65.6 Å². The molecule has 2 heterocycles. The second kappa shape index (κ2) is 9.36. The van der Waals surface area contributed by atoms with Crippen molar-refractivity contribution in [3.8, 4) is 0 Å². The number of carbonyl (C=O) groups excluding carboxylic acids is 1. The molecule has 2 unspecified atom stereocenters. The summed E-state index contributed by atoms with van der Waals surface area (Å²) in [7, 11) is 0. The molecule has 40 heavy (non-hydrogen) atoms. The first kappa shape index (κ1) is 27.9. The van der Waals surface area contributed by atoms with Crippen LogP contribution in [0.4, 0.5) is 4.39 Å². The van der Waals surface area contributed by atoms with E-state index in [2.05, 4.69) is 4.98 Å². The van der Waals surface area contributed by atoms with Crippen molar-refractivity contribution in [2.24, 2.45) is 17.3 Å². The molecule has 1 spiro atoms. The van der Waals surface area contributed by atoms with E-state index in [4.69, 9.17) is 27.9 Å². The molecule has 3 fully saturated rings. The van der Waals surface area contributed by atoms with Crippen molar-refractivity contribution in [3.63, 3.8) is 0 Å². The van der Waals surface area contributed by atoms with Gasteiger partial charge in [-0.05, 0) is 57.4 Å². The van der Waals surface area contributed by atoms with Gasteiger partial charge < -0.3 is 14.9 Å².